The van der Waals surface area contributed by atoms with Gasteiger partial charge in [-0.1, -0.05) is 44.7 Å². The van der Waals surface area contributed by atoms with Crippen molar-refractivity contribution in [1.29, 1.82) is 0 Å². The molecule has 1 amide bonds. The van der Waals surface area contributed by atoms with Gasteiger partial charge in [-0.25, -0.2) is 0 Å². The molecule has 0 aliphatic carbocycles. The molecule has 0 radical (unpaired) electrons. The molecule has 124 valence electrons. The number of tetrazole rings is 1. The zero-order chi connectivity index (χ0) is 16.8. The second-order valence-electron chi connectivity index (χ2n) is 5.78. The molecule has 0 aliphatic heterocycles. The van der Waals surface area contributed by atoms with Crippen molar-refractivity contribution in [2.75, 3.05) is 5.75 Å². The van der Waals surface area contributed by atoms with Crippen LogP contribution in [0.15, 0.2) is 29.4 Å². The van der Waals surface area contributed by atoms with Crippen molar-refractivity contribution >= 4 is 17.7 Å². The number of thioether (sulfide) groups is 1. The maximum atomic E-state index is 11.9. The third-order valence-corrected chi connectivity index (χ3v) is 4.52. The normalized spacial score (nSPS) is 12.4. The maximum Gasteiger partial charge on any atom is 0.230 e. The Hall–Kier alpha value is -1.89. The molecule has 0 bridgehead atoms. The standard InChI is InChI=1S/C16H23N5OS/c1-5-12(4)17-15(22)10-23-16-18-19-20-21(16)14-8-6-13(7-9-14)11(2)3/h6-9,11-12H,5,10H2,1-4H3,(H,17,22). The number of carbonyl (C=O) groups is 1. The predicted octanol–water partition coefficient (Wildman–Crippen LogP) is 2.79. The lowest BCUT2D eigenvalue weighted by Gasteiger charge is -2.11. The number of benzene rings is 1. The second kappa shape index (κ2) is 8.10. The summed E-state index contributed by atoms with van der Waals surface area (Å²) in [6.45, 7) is 8.34. The van der Waals surface area contributed by atoms with Crippen molar-refractivity contribution in [1.82, 2.24) is 25.5 Å². The zero-order valence-corrected chi connectivity index (χ0v) is 14.8. The summed E-state index contributed by atoms with van der Waals surface area (Å²) in [5, 5.41) is 15.3. The van der Waals surface area contributed by atoms with Crippen molar-refractivity contribution in [3.8, 4) is 5.69 Å². The molecule has 0 saturated heterocycles. The van der Waals surface area contributed by atoms with Crippen LogP contribution >= 0.6 is 11.8 Å². The van der Waals surface area contributed by atoms with Crippen LogP contribution in [0.1, 0.15) is 45.6 Å². The van der Waals surface area contributed by atoms with Crippen LogP contribution < -0.4 is 5.32 Å². The van der Waals surface area contributed by atoms with Crippen LogP contribution in [0.3, 0.4) is 0 Å². The summed E-state index contributed by atoms with van der Waals surface area (Å²) in [5.41, 5.74) is 2.16. The van der Waals surface area contributed by atoms with Crippen LogP contribution in [-0.2, 0) is 4.79 Å². The van der Waals surface area contributed by atoms with E-state index in [9.17, 15) is 4.79 Å². The van der Waals surface area contributed by atoms with E-state index in [-0.39, 0.29) is 11.9 Å². The summed E-state index contributed by atoms with van der Waals surface area (Å²) in [7, 11) is 0. The first-order valence-electron chi connectivity index (χ1n) is 7.82. The molecule has 1 heterocycles. The van der Waals surface area contributed by atoms with Gasteiger partial charge in [-0.15, -0.1) is 5.10 Å². The fourth-order valence-corrected chi connectivity index (χ4v) is 2.68. The van der Waals surface area contributed by atoms with E-state index in [0.717, 1.165) is 12.1 Å². The van der Waals surface area contributed by atoms with E-state index >= 15 is 0 Å². The number of aromatic nitrogens is 4. The fourth-order valence-electron chi connectivity index (χ4n) is 1.98. The van der Waals surface area contributed by atoms with E-state index in [1.165, 1.54) is 17.3 Å². The Morgan fingerprint density at radius 3 is 2.57 bits per heavy atom. The summed E-state index contributed by atoms with van der Waals surface area (Å²) in [6, 6.07) is 8.32. The quantitative estimate of drug-likeness (QED) is 0.789. The highest BCUT2D eigenvalue weighted by Crippen LogP contribution is 2.20. The van der Waals surface area contributed by atoms with Crippen molar-refractivity contribution in [3.63, 3.8) is 0 Å². The summed E-state index contributed by atoms with van der Waals surface area (Å²) in [6.07, 6.45) is 0.913. The number of hydrogen-bond donors (Lipinski definition) is 1. The van der Waals surface area contributed by atoms with Crippen molar-refractivity contribution in [2.24, 2.45) is 0 Å². The maximum absolute atomic E-state index is 11.9. The van der Waals surface area contributed by atoms with Gasteiger partial charge < -0.3 is 5.32 Å². The van der Waals surface area contributed by atoms with Gasteiger partial charge in [0.2, 0.25) is 11.1 Å². The van der Waals surface area contributed by atoms with Gasteiger partial charge in [0.15, 0.2) is 0 Å². The first kappa shape index (κ1) is 17.5. The molecule has 7 heteroatoms. The topological polar surface area (TPSA) is 72.7 Å². The largest absolute Gasteiger partial charge is 0.353 e. The van der Waals surface area contributed by atoms with Gasteiger partial charge in [-0.2, -0.15) is 4.68 Å². The van der Waals surface area contributed by atoms with Gasteiger partial charge in [0.25, 0.3) is 0 Å². The molecular formula is C16H23N5OS. The molecule has 23 heavy (non-hydrogen) atoms. The molecule has 1 aromatic heterocycles. The summed E-state index contributed by atoms with van der Waals surface area (Å²) in [4.78, 5) is 11.9. The van der Waals surface area contributed by atoms with E-state index in [1.807, 2.05) is 26.0 Å². The lowest BCUT2D eigenvalue weighted by atomic mass is 10.0. The van der Waals surface area contributed by atoms with E-state index < -0.39 is 0 Å². The van der Waals surface area contributed by atoms with Gasteiger partial charge in [0.1, 0.15) is 0 Å². The minimum atomic E-state index is -0.00550. The number of carbonyl (C=O) groups excluding carboxylic acids is 1. The van der Waals surface area contributed by atoms with E-state index in [2.05, 4.69) is 46.8 Å². The smallest absolute Gasteiger partial charge is 0.230 e. The number of nitrogens with zero attached hydrogens (tertiary/aromatic N) is 4. The fraction of sp³-hybridized carbons (Fsp3) is 0.500. The van der Waals surface area contributed by atoms with Crippen molar-refractivity contribution in [3.05, 3.63) is 29.8 Å². The summed E-state index contributed by atoms with van der Waals surface area (Å²) >= 11 is 1.33. The molecule has 2 aromatic rings. The first-order valence-corrected chi connectivity index (χ1v) is 8.80. The Balaban J connectivity index is 2.03. The van der Waals surface area contributed by atoms with E-state index in [4.69, 9.17) is 0 Å². The molecule has 2 rings (SSSR count). The zero-order valence-electron chi connectivity index (χ0n) is 14.0. The predicted molar refractivity (Wildman–Crippen MR) is 91.9 cm³/mol. The van der Waals surface area contributed by atoms with Crippen LogP contribution in [0, 0.1) is 0 Å². The highest BCUT2D eigenvalue weighted by atomic mass is 32.2. The third-order valence-electron chi connectivity index (χ3n) is 3.60. The summed E-state index contributed by atoms with van der Waals surface area (Å²) < 4.78 is 1.66. The van der Waals surface area contributed by atoms with Gasteiger partial charge in [-0.3, -0.25) is 4.79 Å². The molecule has 1 aromatic carbocycles. The highest BCUT2D eigenvalue weighted by molar-refractivity contribution is 7.99. The Bertz CT molecular complexity index is 638. The molecule has 1 atom stereocenters. The molecule has 0 spiro atoms. The third kappa shape index (κ3) is 4.79. The molecule has 0 aliphatic rings. The Kier molecular flexibility index (Phi) is 6.15. The number of nitrogens with one attached hydrogen (secondary N) is 1. The van der Waals surface area contributed by atoms with Crippen LogP contribution in [-0.4, -0.2) is 37.9 Å². The molecule has 1 N–H and O–H groups in total. The monoisotopic (exact) mass is 333 g/mol. The Morgan fingerprint density at radius 2 is 1.96 bits per heavy atom. The Labute approximate surface area is 141 Å². The number of amides is 1. The van der Waals surface area contributed by atoms with Crippen molar-refractivity contribution in [2.45, 2.75) is 51.2 Å². The SMILES string of the molecule is CCC(C)NC(=O)CSc1nnnn1-c1ccc(C(C)C)cc1. The summed E-state index contributed by atoms with van der Waals surface area (Å²) in [5.74, 6) is 0.777. The lowest BCUT2D eigenvalue weighted by molar-refractivity contribution is -0.119. The minimum absolute atomic E-state index is 0.00550. The molecular weight excluding hydrogens is 310 g/mol. The average molecular weight is 333 g/mol. The van der Waals surface area contributed by atoms with Crippen LogP contribution in [0.4, 0.5) is 0 Å². The van der Waals surface area contributed by atoms with E-state index in [1.54, 1.807) is 4.68 Å². The molecule has 0 fully saturated rings. The lowest BCUT2D eigenvalue weighted by Crippen LogP contribution is -2.33. The Morgan fingerprint density at radius 1 is 1.26 bits per heavy atom. The number of hydrogen-bond acceptors (Lipinski definition) is 5. The van der Waals surface area contributed by atoms with Gasteiger partial charge in [0, 0.05) is 6.04 Å². The first-order chi connectivity index (χ1) is 11.0. The van der Waals surface area contributed by atoms with Crippen LogP contribution in [0.25, 0.3) is 5.69 Å². The van der Waals surface area contributed by atoms with Gasteiger partial charge >= 0.3 is 0 Å². The van der Waals surface area contributed by atoms with Crippen molar-refractivity contribution < 1.29 is 4.79 Å². The van der Waals surface area contributed by atoms with Crippen LogP contribution in [0.2, 0.25) is 0 Å². The van der Waals surface area contributed by atoms with Gasteiger partial charge in [0.05, 0.1) is 11.4 Å². The minimum Gasteiger partial charge on any atom is -0.353 e. The number of rotatable bonds is 7. The van der Waals surface area contributed by atoms with E-state index in [0.29, 0.717) is 16.8 Å². The molecule has 1 unspecified atom stereocenters. The molecule has 6 nitrogen and oxygen atoms in total. The molecule has 0 saturated carbocycles. The highest BCUT2D eigenvalue weighted by Gasteiger charge is 2.12. The average Bonchev–Trinajstić information content (AvgIpc) is 3.01. The van der Waals surface area contributed by atoms with Crippen LogP contribution in [0.5, 0.6) is 0 Å². The second-order valence-corrected chi connectivity index (χ2v) is 6.73. The van der Waals surface area contributed by atoms with Gasteiger partial charge in [-0.05, 0) is 47.4 Å².